The maximum atomic E-state index is 12.6. The number of hydrogen-bond acceptors (Lipinski definition) is 9. The van der Waals surface area contributed by atoms with Gasteiger partial charge in [-0.1, -0.05) is 150 Å². The van der Waals surface area contributed by atoms with E-state index in [1.165, 1.54) is 25.7 Å². The Bertz CT molecular complexity index is 1350. The average Bonchev–Trinajstić information content (AvgIpc) is 3.20. The number of rotatable bonds is 38. The molecule has 0 amide bonds. The highest BCUT2D eigenvalue weighted by molar-refractivity contribution is 7.47. The molecule has 0 rings (SSSR count). The number of carboxylic acid groups (broad SMARTS) is 1. The van der Waals surface area contributed by atoms with Crippen molar-refractivity contribution in [1.29, 1.82) is 0 Å². The van der Waals surface area contributed by atoms with Gasteiger partial charge in [0.25, 0.3) is 0 Å². The maximum Gasteiger partial charge on any atom is 0.472 e. The van der Waals surface area contributed by atoms with Crippen LogP contribution < -0.4 is 5.73 Å². The first kappa shape index (κ1) is 54.4. The number of carbonyl (C=O) groups is 3. The van der Waals surface area contributed by atoms with E-state index in [0.717, 1.165) is 70.6 Å². The number of esters is 2. The Hall–Kier alpha value is -3.60. The van der Waals surface area contributed by atoms with Crippen LogP contribution in [-0.2, 0) is 37.5 Å². The molecule has 0 aromatic carbocycles. The molecule has 0 radical (unpaired) electrons. The van der Waals surface area contributed by atoms with Crippen LogP contribution in [0.2, 0.25) is 0 Å². The summed E-state index contributed by atoms with van der Waals surface area (Å²) < 4.78 is 32.6. The summed E-state index contributed by atoms with van der Waals surface area (Å²) in [6.07, 6.45) is 50.6. The Labute approximate surface area is 349 Å². The lowest BCUT2D eigenvalue weighted by molar-refractivity contribution is -0.161. The lowest BCUT2D eigenvalue weighted by atomic mass is 10.1. The first-order valence-corrected chi connectivity index (χ1v) is 22.8. The second-order valence-electron chi connectivity index (χ2n) is 13.8. The molecule has 0 aromatic heterocycles. The van der Waals surface area contributed by atoms with Gasteiger partial charge in [0.15, 0.2) is 6.10 Å². The lowest BCUT2D eigenvalue weighted by Crippen LogP contribution is -2.34. The molecule has 11 nitrogen and oxygen atoms in total. The molecule has 0 fully saturated rings. The molecule has 0 aromatic rings. The highest BCUT2D eigenvalue weighted by Crippen LogP contribution is 2.43. The molecule has 0 heterocycles. The van der Waals surface area contributed by atoms with Crippen molar-refractivity contribution < 1.29 is 47.5 Å². The largest absolute Gasteiger partial charge is 0.480 e. The number of allylic oxidation sites excluding steroid dienone is 16. The Kier molecular flexibility index (Phi) is 37.7. The number of carboxylic acids is 1. The van der Waals surface area contributed by atoms with Crippen LogP contribution in [0.5, 0.6) is 0 Å². The zero-order valence-electron chi connectivity index (χ0n) is 35.3. The molecule has 12 heteroatoms. The SMILES string of the molecule is CC/C=C/C/C=C/C/C=C/C/C=C/C/C=C/C/C=C/CCC(=O)O[C@H](COC(=O)CCCCCCC/C=C/C=C/CCCCCC)COP(=O)(O)OC[C@H](N)C(=O)O. The zero-order valence-corrected chi connectivity index (χ0v) is 36.2. The molecule has 0 saturated heterocycles. The molecular weight excluding hydrogens is 757 g/mol. The quantitative estimate of drug-likeness (QED) is 0.0178. The van der Waals surface area contributed by atoms with E-state index >= 15 is 0 Å². The topological polar surface area (TPSA) is 172 Å². The van der Waals surface area contributed by atoms with E-state index in [4.69, 9.17) is 24.8 Å². The molecule has 3 atom stereocenters. The van der Waals surface area contributed by atoms with Crippen molar-refractivity contribution >= 4 is 25.7 Å². The van der Waals surface area contributed by atoms with Gasteiger partial charge in [0, 0.05) is 12.8 Å². The fourth-order valence-electron chi connectivity index (χ4n) is 5.02. The number of nitrogens with two attached hydrogens (primary N) is 1. The normalized spacial score (nSPS) is 14.7. The number of phosphoric ester groups is 1. The minimum absolute atomic E-state index is 0.0268. The van der Waals surface area contributed by atoms with Gasteiger partial charge in [-0.3, -0.25) is 23.4 Å². The Balaban J connectivity index is 4.56. The molecule has 0 aliphatic heterocycles. The highest BCUT2D eigenvalue weighted by atomic mass is 31.2. The molecule has 1 unspecified atom stereocenters. The predicted molar refractivity (Wildman–Crippen MR) is 235 cm³/mol. The van der Waals surface area contributed by atoms with Crippen LogP contribution in [0, 0.1) is 0 Å². The van der Waals surface area contributed by atoms with Gasteiger partial charge in [-0.25, -0.2) is 4.57 Å². The third-order valence-corrected chi connectivity index (χ3v) is 9.31. The summed E-state index contributed by atoms with van der Waals surface area (Å²) >= 11 is 0. The van der Waals surface area contributed by atoms with Crippen molar-refractivity contribution in [2.24, 2.45) is 5.73 Å². The highest BCUT2D eigenvalue weighted by Gasteiger charge is 2.28. The van der Waals surface area contributed by atoms with E-state index in [-0.39, 0.29) is 12.8 Å². The first-order valence-electron chi connectivity index (χ1n) is 21.3. The fraction of sp³-hybridized carbons (Fsp3) is 0.587. The van der Waals surface area contributed by atoms with Gasteiger partial charge in [0.2, 0.25) is 0 Å². The summed E-state index contributed by atoms with van der Waals surface area (Å²) in [6.45, 7) is 2.55. The molecule has 58 heavy (non-hydrogen) atoms. The van der Waals surface area contributed by atoms with Crippen LogP contribution in [0.1, 0.15) is 142 Å². The monoisotopic (exact) mass is 832 g/mol. The maximum absolute atomic E-state index is 12.6. The van der Waals surface area contributed by atoms with Gasteiger partial charge in [0.1, 0.15) is 12.6 Å². The lowest BCUT2D eigenvalue weighted by Gasteiger charge is -2.20. The van der Waals surface area contributed by atoms with Crippen molar-refractivity contribution in [1.82, 2.24) is 0 Å². The summed E-state index contributed by atoms with van der Waals surface area (Å²) in [6, 6.07) is -1.54. The Morgan fingerprint density at radius 2 is 1.05 bits per heavy atom. The number of ether oxygens (including phenoxy) is 2. The van der Waals surface area contributed by atoms with E-state index in [1.807, 2.05) is 18.2 Å². The summed E-state index contributed by atoms with van der Waals surface area (Å²) in [5.41, 5.74) is 5.32. The minimum atomic E-state index is -4.75. The molecule has 0 bridgehead atoms. The Morgan fingerprint density at radius 3 is 1.59 bits per heavy atom. The van der Waals surface area contributed by atoms with Crippen LogP contribution >= 0.6 is 7.82 Å². The molecule has 328 valence electrons. The van der Waals surface area contributed by atoms with Gasteiger partial charge >= 0.3 is 25.7 Å². The smallest absolute Gasteiger partial charge is 0.472 e. The summed E-state index contributed by atoms with van der Waals surface area (Å²) in [7, 11) is -4.75. The predicted octanol–water partition coefficient (Wildman–Crippen LogP) is 11.3. The number of unbranched alkanes of at least 4 members (excludes halogenated alkanes) is 9. The van der Waals surface area contributed by atoms with E-state index < -0.39 is 57.7 Å². The van der Waals surface area contributed by atoms with Gasteiger partial charge < -0.3 is 25.2 Å². The van der Waals surface area contributed by atoms with E-state index in [1.54, 1.807) is 0 Å². The third kappa shape index (κ3) is 39.2. The summed E-state index contributed by atoms with van der Waals surface area (Å²) in [4.78, 5) is 45.9. The molecule has 4 N–H and O–H groups in total. The number of hydrogen-bond donors (Lipinski definition) is 3. The second kappa shape index (κ2) is 40.2. The molecular formula is C46H74NO10P. The van der Waals surface area contributed by atoms with Gasteiger partial charge in [-0.2, -0.15) is 0 Å². The van der Waals surface area contributed by atoms with E-state index in [9.17, 15) is 23.8 Å². The average molecular weight is 832 g/mol. The summed E-state index contributed by atoms with van der Waals surface area (Å²) in [5, 5.41) is 8.88. The van der Waals surface area contributed by atoms with Gasteiger partial charge in [0.05, 0.1) is 13.2 Å². The molecule has 0 aliphatic rings. The van der Waals surface area contributed by atoms with Crippen molar-refractivity contribution in [2.45, 2.75) is 154 Å². The van der Waals surface area contributed by atoms with Crippen LogP contribution in [0.3, 0.4) is 0 Å². The van der Waals surface area contributed by atoms with Gasteiger partial charge in [-0.05, 0) is 77.0 Å². The van der Waals surface area contributed by atoms with Crippen molar-refractivity contribution in [3.8, 4) is 0 Å². The van der Waals surface area contributed by atoms with Crippen LogP contribution in [0.25, 0.3) is 0 Å². The number of aliphatic carboxylic acids is 1. The van der Waals surface area contributed by atoms with Crippen LogP contribution in [-0.4, -0.2) is 59.9 Å². The first-order chi connectivity index (χ1) is 28.1. The Morgan fingerprint density at radius 1 is 0.569 bits per heavy atom. The fourth-order valence-corrected chi connectivity index (χ4v) is 5.80. The van der Waals surface area contributed by atoms with E-state index in [0.29, 0.717) is 19.3 Å². The zero-order chi connectivity index (χ0) is 42.8. The standard InChI is InChI=1S/C46H74NO10P/c1-3-5-7-9-11-13-15-17-19-20-21-22-24-26-28-30-32-34-36-38-45(49)57-42(40-55-58(52,53)56-41-43(47)46(50)51)39-54-44(48)37-35-33-31-29-27-25-23-18-16-14-12-10-8-6-4-2/h5,7,11,13-14,16-19,21-23,26,28,32,34,42-43H,3-4,6,8-10,12,15,20,24-25,27,29-31,33,35-41,47H2,1-2H3,(H,50,51)(H,52,53)/b7-5+,13-11+,16-14+,19-17+,22-21+,23-18+,28-26+,34-32+/t42-,43+/m1/s1. The molecule has 0 aliphatic carbocycles. The van der Waals surface area contributed by atoms with Crippen LogP contribution in [0.4, 0.5) is 0 Å². The number of phosphoric acid groups is 1. The third-order valence-electron chi connectivity index (χ3n) is 8.36. The van der Waals surface area contributed by atoms with Crippen LogP contribution in [0.15, 0.2) is 97.2 Å². The second-order valence-corrected chi connectivity index (χ2v) is 15.2. The minimum Gasteiger partial charge on any atom is -0.480 e. The van der Waals surface area contributed by atoms with Gasteiger partial charge in [-0.15, -0.1) is 0 Å². The van der Waals surface area contributed by atoms with Crippen molar-refractivity contribution in [3.63, 3.8) is 0 Å². The summed E-state index contributed by atoms with van der Waals surface area (Å²) in [5.74, 6) is -2.52. The molecule has 0 spiro atoms. The number of carbonyl (C=O) groups excluding carboxylic acids is 2. The van der Waals surface area contributed by atoms with E-state index in [2.05, 4.69) is 97.4 Å². The van der Waals surface area contributed by atoms with Crippen molar-refractivity contribution in [2.75, 3.05) is 19.8 Å². The molecule has 0 saturated carbocycles. The van der Waals surface area contributed by atoms with Crippen molar-refractivity contribution in [3.05, 3.63) is 97.2 Å².